The third-order valence-corrected chi connectivity index (χ3v) is 4.04. The first-order chi connectivity index (χ1) is 11.4. The number of aromatic hydroxyl groups is 1. The fourth-order valence-corrected chi connectivity index (χ4v) is 2.63. The number of hydrogen-bond acceptors (Lipinski definition) is 5. The molecule has 124 valence electrons. The van der Waals surface area contributed by atoms with Gasteiger partial charge in [0.25, 0.3) is 5.91 Å². The summed E-state index contributed by atoms with van der Waals surface area (Å²) in [4.78, 5) is 25.6. The minimum absolute atomic E-state index is 0.0758. The molecule has 0 aliphatic rings. The van der Waals surface area contributed by atoms with Gasteiger partial charge in [0.15, 0.2) is 6.61 Å². The Morgan fingerprint density at radius 1 is 1.25 bits per heavy atom. The molecule has 0 unspecified atom stereocenters. The monoisotopic (exact) mass is 391 g/mol. The van der Waals surface area contributed by atoms with E-state index < -0.39 is 0 Å². The van der Waals surface area contributed by atoms with Crippen LogP contribution in [0.3, 0.4) is 0 Å². The summed E-state index contributed by atoms with van der Waals surface area (Å²) in [6.45, 7) is -0.178. The molecule has 0 spiro atoms. The number of ether oxygens (including phenoxy) is 1. The van der Waals surface area contributed by atoms with Crippen molar-refractivity contribution in [2.75, 3.05) is 20.7 Å². The van der Waals surface area contributed by atoms with E-state index in [4.69, 9.17) is 9.15 Å². The van der Waals surface area contributed by atoms with Gasteiger partial charge >= 0.3 is 0 Å². The topological polar surface area (TPSA) is 80.0 Å². The van der Waals surface area contributed by atoms with Gasteiger partial charge < -0.3 is 19.2 Å². The van der Waals surface area contributed by atoms with Crippen LogP contribution in [0, 0.1) is 0 Å². The number of nitrogens with zero attached hydrogens (tertiary/aromatic N) is 1. The van der Waals surface area contributed by atoms with E-state index in [0.717, 1.165) is 4.47 Å². The molecular formula is C17H14BrNO5. The molecule has 7 heteroatoms. The molecule has 3 rings (SSSR count). The van der Waals surface area contributed by atoms with Gasteiger partial charge in [0.2, 0.25) is 5.43 Å². The summed E-state index contributed by atoms with van der Waals surface area (Å²) in [5.74, 6) is -0.232. The Kier molecular flexibility index (Phi) is 4.19. The standard InChI is InChI=1S/C17H14BrNO5/c1-19(2)15(21)8-23-10-6-12(20)16-14(7-10)24-13-4-3-9(18)5-11(13)17(16)22/h3-7,20H,8H2,1-2H3. The van der Waals surface area contributed by atoms with Crippen LogP contribution in [0.2, 0.25) is 0 Å². The Hall–Kier alpha value is -2.54. The summed E-state index contributed by atoms with van der Waals surface area (Å²) in [6, 6.07) is 7.85. The van der Waals surface area contributed by atoms with Crippen LogP contribution in [0.5, 0.6) is 11.5 Å². The van der Waals surface area contributed by atoms with Gasteiger partial charge in [0.05, 0.1) is 5.39 Å². The summed E-state index contributed by atoms with van der Waals surface area (Å²) in [6.07, 6.45) is 0. The first-order valence-corrected chi connectivity index (χ1v) is 7.88. The van der Waals surface area contributed by atoms with Crippen LogP contribution < -0.4 is 10.2 Å². The quantitative estimate of drug-likeness (QED) is 0.694. The highest BCUT2D eigenvalue weighted by Gasteiger charge is 2.14. The largest absolute Gasteiger partial charge is 0.507 e. The lowest BCUT2D eigenvalue weighted by atomic mass is 10.1. The van der Waals surface area contributed by atoms with Crippen molar-refractivity contribution < 1.29 is 19.1 Å². The third kappa shape index (κ3) is 2.94. The average molecular weight is 392 g/mol. The zero-order valence-corrected chi connectivity index (χ0v) is 14.6. The molecule has 0 atom stereocenters. The van der Waals surface area contributed by atoms with Crippen molar-refractivity contribution in [3.63, 3.8) is 0 Å². The molecule has 1 aromatic heterocycles. The van der Waals surface area contributed by atoms with Crippen LogP contribution in [0.4, 0.5) is 0 Å². The molecule has 0 radical (unpaired) electrons. The number of phenolic OH excluding ortho intramolecular Hbond substituents is 1. The number of carbonyl (C=O) groups is 1. The number of fused-ring (bicyclic) bond motifs is 2. The second-order valence-electron chi connectivity index (χ2n) is 5.46. The molecule has 0 saturated carbocycles. The maximum atomic E-state index is 12.6. The smallest absolute Gasteiger partial charge is 0.259 e. The lowest BCUT2D eigenvalue weighted by Crippen LogP contribution is -2.27. The van der Waals surface area contributed by atoms with Gasteiger partial charge in [-0.05, 0) is 18.2 Å². The Balaban J connectivity index is 2.11. The zero-order chi connectivity index (χ0) is 17.4. The number of likely N-dealkylation sites (N-methyl/N-ethyl adjacent to an activating group) is 1. The summed E-state index contributed by atoms with van der Waals surface area (Å²) in [7, 11) is 3.24. The lowest BCUT2D eigenvalue weighted by molar-refractivity contribution is -0.130. The Bertz CT molecular complexity index is 1010. The van der Waals surface area contributed by atoms with Crippen LogP contribution >= 0.6 is 15.9 Å². The van der Waals surface area contributed by atoms with E-state index in [1.807, 2.05) is 0 Å². The minimum atomic E-state index is -0.332. The minimum Gasteiger partial charge on any atom is -0.507 e. The van der Waals surface area contributed by atoms with Crippen LogP contribution in [0.1, 0.15) is 0 Å². The van der Waals surface area contributed by atoms with E-state index in [1.54, 1.807) is 32.3 Å². The van der Waals surface area contributed by atoms with Crippen molar-refractivity contribution in [2.45, 2.75) is 0 Å². The number of phenols is 1. The second-order valence-corrected chi connectivity index (χ2v) is 6.38. The molecule has 24 heavy (non-hydrogen) atoms. The van der Waals surface area contributed by atoms with Gasteiger partial charge in [-0.3, -0.25) is 9.59 Å². The van der Waals surface area contributed by atoms with Crippen LogP contribution in [0.15, 0.2) is 44.0 Å². The number of halogens is 1. The number of carbonyl (C=O) groups excluding carboxylic acids is 1. The van der Waals surface area contributed by atoms with Crippen molar-refractivity contribution in [1.29, 1.82) is 0 Å². The van der Waals surface area contributed by atoms with E-state index in [9.17, 15) is 14.7 Å². The zero-order valence-electron chi connectivity index (χ0n) is 13.0. The number of rotatable bonds is 3. The highest BCUT2D eigenvalue weighted by molar-refractivity contribution is 9.10. The number of benzene rings is 2. The first-order valence-electron chi connectivity index (χ1n) is 7.09. The molecule has 1 N–H and O–H groups in total. The van der Waals surface area contributed by atoms with Gasteiger partial charge in [-0.1, -0.05) is 15.9 Å². The fraction of sp³-hybridized carbons (Fsp3) is 0.176. The average Bonchev–Trinajstić information content (AvgIpc) is 2.53. The van der Waals surface area contributed by atoms with E-state index in [0.29, 0.717) is 11.0 Å². The summed E-state index contributed by atoms with van der Waals surface area (Å²) < 4.78 is 11.8. The highest BCUT2D eigenvalue weighted by Crippen LogP contribution is 2.31. The summed E-state index contributed by atoms with van der Waals surface area (Å²) in [5.41, 5.74) is 0.264. The SMILES string of the molecule is CN(C)C(=O)COc1cc(O)c2c(=O)c3cc(Br)ccc3oc2c1. The van der Waals surface area contributed by atoms with Crippen molar-refractivity contribution in [3.05, 3.63) is 45.0 Å². The molecule has 1 heterocycles. The number of hydrogen-bond donors (Lipinski definition) is 1. The first kappa shape index (κ1) is 16.3. The van der Waals surface area contributed by atoms with E-state index in [-0.39, 0.29) is 40.4 Å². The predicted molar refractivity (Wildman–Crippen MR) is 93.5 cm³/mol. The maximum Gasteiger partial charge on any atom is 0.259 e. The maximum absolute atomic E-state index is 12.6. The molecule has 0 aliphatic carbocycles. The summed E-state index contributed by atoms with van der Waals surface area (Å²) in [5, 5.41) is 10.6. The molecule has 0 aliphatic heterocycles. The molecule has 0 bridgehead atoms. The van der Waals surface area contributed by atoms with Gasteiger partial charge in [-0.15, -0.1) is 0 Å². The number of amides is 1. The molecule has 0 saturated heterocycles. The molecule has 0 fully saturated rings. The van der Waals surface area contributed by atoms with Gasteiger partial charge in [0.1, 0.15) is 28.1 Å². The van der Waals surface area contributed by atoms with Crippen LogP contribution in [-0.4, -0.2) is 36.6 Å². The fourth-order valence-electron chi connectivity index (χ4n) is 2.26. The van der Waals surface area contributed by atoms with Crippen molar-refractivity contribution >= 4 is 43.8 Å². The second kappa shape index (κ2) is 6.16. The lowest BCUT2D eigenvalue weighted by Gasteiger charge is -2.12. The van der Waals surface area contributed by atoms with E-state index >= 15 is 0 Å². The van der Waals surface area contributed by atoms with Crippen LogP contribution in [-0.2, 0) is 4.79 Å². The Morgan fingerprint density at radius 2 is 2.00 bits per heavy atom. The molecule has 3 aromatic rings. The molecule has 6 nitrogen and oxygen atoms in total. The summed E-state index contributed by atoms with van der Waals surface area (Å²) >= 11 is 3.31. The van der Waals surface area contributed by atoms with Gasteiger partial charge in [-0.25, -0.2) is 0 Å². The predicted octanol–water partition coefficient (Wildman–Crippen LogP) is 2.88. The van der Waals surface area contributed by atoms with Crippen molar-refractivity contribution in [3.8, 4) is 11.5 Å². The van der Waals surface area contributed by atoms with Gasteiger partial charge in [0, 0.05) is 30.7 Å². The van der Waals surface area contributed by atoms with Crippen molar-refractivity contribution in [1.82, 2.24) is 4.90 Å². The molecule has 2 aromatic carbocycles. The van der Waals surface area contributed by atoms with E-state index in [1.165, 1.54) is 17.0 Å². The van der Waals surface area contributed by atoms with Crippen molar-refractivity contribution in [2.24, 2.45) is 0 Å². The molecule has 1 amide bonds. The van der Waals surface area contributed by atoms with Crippen LogP contribution in [0.25, 0.3) is 21.9 Å². The highest BCUT2D eigenvalue weighted by atomic mass is 79.9. The van der Waals surface area contributed by atoms with E-state index in [2.05, 4.69) is 15.9 Å². The Morgan fingerprint density at radius 3 is 2.71 bits per heavy atom. The normalized spacial score (nSPS) is 11.0. The third-order valence-electron chi connectivity index (χ3n) is 3.55. The van der Waals surface area contributed by atoms with Gasteiger partial charge in [-0.2, -0.15) is 0 Å². The Labute approximate surface area is 145 Å². The molecular weight excluding hydrogens is 378 g/mol.